The third-order valence-electron chi connectivity index (χ3n) is 6.21. The Hall–Kier alpha value is -2.90. The monoisotopic (exact) mass is 473 g/mol. The van der Waals surface area contributed by atoms with Crippen molar-refractivity contribution in [1.29, 1.82) is 0 Å². The molecule has 2 unspecified atom stereocenters. The Bertz CT molecular complexity index is 842. The first-order chi connectivity index (χ1) is 16.1. The number of esters is 1. The van der Waals surface area contributed by atoms with E-state index >= 15 is 0 Å². The lowest BCUT2D eigenvalue weighted by Crippen LogP contribution is -2.55. The van der Waals surface area contributed by atoms with Crippen LogP contribution in [0.1, 0.15) is 65.9 Å². The number of carbonyl (C=O) groups excluding carboxylic acids is 4. The smallest absolute Gasteiger partial charge is 0.329 e. The molecule has 188 valence electrons. The van der Waals surface area contributed by atoms with Crippen LogP contribution in [0.4, 0.5) is 0 Å². The van der Waals surface area contributed by atoms with Gasteiger partial charge in [-0.2, -0.15) is 0 Å². The van der Waals surface area contributed by atoms with Gasteiger partial charge in [0, 0.05) is 6.42 Å². The second kappa shape index (κ2) is 13.1. The van der Waals surface area contributed by atoms with Crippen molar-refractivity contribution >= 4 is 23.7 Å². The summed E-state index contributed by atoms with van der Waals surface area (Å²) < 4.78 is 5.81. The molecular weight excluding hydrogens is 434 g/mol. The van der Waals surface area contributed by atoms with Crippen LogP contribution in [0.3, 0.4) is 0 Å². The molecule has 1 heterocycles. The molecule has 0 radical (unpaired) electrons. The van der Waals surface area contributed by atoms with Gasteiger partial charge in [0.1, 0.15) is 24.2 Å². The average Bonchev–Trinajstić information content (AvgIpc) is 2.79. The van der Waals surface area contributed by atoms with Gasteiger partial charge in [-0.1, -0.05) is 70.9 Å². The van der Waals surface area contributed by atoms with Gasteiger partial charge in [0.05, 0.1) is 6.42 Å². The lowest BCUT2D eigenvalue weighted by Gasteiger charge is -2.28. The fraction of sp³-hybridized carbons (Fsp3) is 0.615. The maximum absolute atomic E-state index is 13.1. The van der Waals surface area contributed by atoms with E-state index in [0.717, 1.165) is 24.8 Å². The van der Waals surface area contributed by atoms with E-state index in [0.29, 0.717) is 0 Å². The van der Waals surface area contributed by atoms with Crippen LogP contribution < -0.4 is 16.0 Å². The number of carbonyl (C=O) groups is 4. The number of amides is 3. The summed E-state index contributed by atoms with van der Waals surface area (Å²) in [6, 6.07) is 6.72. The molecule has 0 aromatic heterocycles. The minimum atomic E-state index is -0.892. The van der Waals surface area contributed by atoms with E-state index in [2.05, 4.69) is 22.9 Å². The van der Waals surface area contributed by atoms with E-state index in [9.17, 15) is 19.2 Å². The zero-order valence-corrected chi connectivity index (χ0v) is 20.9. The molecule has 0 aliphatic carbocycles. The van der Waals surface area contributed by atoms with Crippen molar-refractivity contribution in [3.8, 4) is 0 Å². The highest BCUT2D eigenvalue weighted by molar-refractivity contribution is 5.94. The van der Waals surface area contributed by atoms with Gasteiger partial charge in [-0.05, 0) is 30.7 Å². The molecular formula is C26H39N3O5. The van der Waals surface area contributed by atoms with Gasteiger partial charge in [0.25, 0.3) is 0 Å². The predicted octanol–water partition coefficient (Wildman–Crippen LogP) is 2.50. The van der Waals surface area contributed by atoms with Gasteiger partial charge in [-0.15, -0.1) is 0 Å². The Morgan fingerprint density at radius 1 is 0.971 bits per heavy atom. The summed E-state index contributed by atoms with van der Waals surface area (Å²) in [6.45, 7) is 9.20. The largest absolute Gasteiger partial charge is 0.460 e. The molecule has 1 aromatic rings. The van der Waals surface area contributed by atoms with Crippen molar-refractivity contribution < 1.29 is 23.9 Å². The van der Waals surface area contributed by atoms with Gasteiger partial charge in [0.2, 0.25) is 17.7 Å². The summed E-state index contributed by atoms with van der Waals surface area (Å²) in [7, 11) is 0. The lowest BCUT2D eigenvalue weighted by atomic mass is 9.94. The quantitative estimate of drug-likeness (QED) is 0.527. The van der Waals surface area contributed by atoms with Crippen LogP contribution in [0.25, 0.3) is 0 Å². The number of cyclic esters (lactones) is 1. The van der Waals surface area contributed by atoms with Crippen molar-refractivity contribution in [3.63, 3.8) is 0 Å². The van der Waals surface area contributed by atoms with Crippen molar-refractivity contribution in [2.45, 2.75) is 91.0 Å². The van der Waals surface area contributed by atoms with Gasteiger partial charge in [-0.3, -0.25) is 14.4 Å². The highest BCUT2D eigenvalue weighted by atomic mass is 16.5. The van der Waals surface area contributed by atoms with Crippen LogP contribution in [0.2, 0.25) is 0 Å². The minimum Gasteiger partial charge on any atom is -0.460 e. The van der Waals surface area contributed by atoms with E-state index in [4.69, 9.17) is 4.74 Å². The summed E-state index contributed by atoms with van der Waals surface area (Å²) in [6.07, 6.45) is 2.29. The third kappa shape index (κ3) is 8.15. The van der Waals surface area contributed by atoms with Crippen LogP contribution in [-0.2, 0) is 30.3 Å². The Labute approximate surface area is 202 Å². The second-order valence-electron chi connectivity index (χ2n) is 9.57. The molecule has 2 rings (SSSR count). The van der Waals surface area contributed by atoms with Gasteiger partial charge >= 0.3 is 5.97 Å². The topological polar surface area (TPSA) is 114 Å². The first-order valence-corrected chi connectivity index (χ1v) is 12.3. The minimum absolute atomic E-state index is 0.0521. The number of rotatable bonds is 7. The van der Waals surface area contributed by atoms with Crippen molar-refractivity contribution in [1.82, 2.24) is 16.0 Å². The van der Waals surface area contributed by atoms with Crippen LogP contribution >= 0.6 is 0 Å². The molecule has 1 fully saturated rings. The van der Waals surface area contributed by atoms with Crippen LogP contribution in [0.15, 0.2) is 30.3 Å². The molecule has 1 aliphatic rings. The third-order valence-corrected chi connectivity index (χ3v) is 6.21. The number of hydrogen-bond acceptors (Lipinski definition) is 5. The lowest BCUT2D eigenvalue weighted by molar-refractivity contribution is -0.158. The van der Waals surface area contributed by atoms with Crippen LogP contribution in [0, 0.1) is 11.8 Å². The van der Waals surface area contributed by atoms with Crippen LogP contribution in [0.5, 0.6) is 0 Å². The molecule has 3 amide bonds. The van der Waals surface area contributed by atoms with Crippen LogP contribution in [-0.4, -0.2) is 47.9 Å². The molecule has 8 nitrogen and oxygen atoms in total. The molecule has 1 saturated heterocycles. The Morgan fingerprint density at radius 2 is 1.65 bits per heavy atom. The number of hydrogen-bond donors (Lipinski definition) is 3. The number of nitrogens with one attached hydrogen (secondary N) is 3. The molecule has 34 heavy (non-hydrogen) atoms. The number of ether oxygens (including phenoxy) is 1. The van der Waals surface area contributed by atoms with Crippen molar-refractivity contribution in [2.24, 2.45) is 11.8 Å². The SMILES string of the molecule is CCCCC(C)C1CC(=O)N[C@@H](Cc2ccccc2)C(=O)N[C@@H](C)C(=O)N[C@@H](C(C)C)C(=O)O1. The van der Waals surface area contributed by atoms with Gasteiger partial charge < -0.3 is 20.7 Å². The van der Waals surface area contributed by atoms with Crippen molar-refractivity contribution in [2.75, 3.05) is 0 Å². The molecule has 0 saturated carbocycles. The Kier molecular flexibility index (Phi) is 10.5. The van der Waals surface area contributed by atoms with E-state index in [1.165, 1.54) is 0 Å². The summed E-state index contributed by atoms with van der Waals surface area (Å²) in [5, 5.41) is 8.20. The van der Waals surface area contributed by atoms with E-state index in [1.54, 1.807) is 6.92 Å². The number of benzene rings is 1. The highest BCUT2D eigenvalue weighted by Gasteiger charge is 2.34. The van der Waals surface area contributed by atoms with E-state index < -0.39 is 42.0 Å². The fourth-order valence-electron chi connectivity index (χ4n) is 3.94. The standard InChI is InChI=1S/C26H39N3O5/c1-6-7-11-17(4)21-15-22(30)28-20(14-19-12-9-8-10-13-19)25(32)27-18(5)24(31)29-23(16(2)3)26(33)34-21/h8-10,12-13,16-18,20-21,23H,6-7,11,14-15H2,1-5H3,(H,27,32)(H,28,30)(H,29,31)/t17?,18-,20-,21?,23-/m0/s1. The summed E-state index contributed by atoms with van der Waals surface area (Å²) >= 11 is 0. The molecule has 8 heteroatoms. The fourth-order valence-corrected chi connectivity index (χ4v) is 3.94. The molecule has 0 spiro atoms. The first-order valence-electron chi connectivity index (χ1n) is 12.3. The maximum Gasteiger partial charge on any atom is 0.329 e. The van der Waals surface area contributed by atoms with Gasteiger partial charge in [0.15, 0.2) is 0 Å². The zero-order chi connectivity index (χ0) is 25.3. The normalized spacial score (nSPS) is 25.7. The zero-order valence-electron chi connectivity index (χ0n) is 20.9. The van der Waals surface area contributed by atoms with E-state index in [-0.39, 0.29) is 30.6 Å². The Balaban J connectivity index is 2.35. The molecule has 1 aromatic carbocycles. The number of unbranched alkanes of at least 4 members (excludes halogenated alkanes) is 1. The molecule has 1 aliphatic heterocycles. The van der Waals surface area contributed by atoms with Crippen molar-refractivity contribution in [3.05, 3.63) is 35.9 Å². The summed E-state index contributed by atoms with van der Waals surface area (Å²) in [5.41, 5.74) is 0.878. The molecule has 5 atom stereocenters. The summed E-state index contributed by atoms with van der Waals surface area (Å²) in [4.78, 5) is 51.9. The van der Waals surface area contributed by atoms with E-state index in [1.807, 2.05) is 51.1 Å². The maximum atomic E-state index is 13.1. The summed E-state index contributed by atoms with van der Waals surface area (Å²) in [5.74, 6) is -2.15. The first kappa shape index (κ1) is 27.3. The molecule has 0 bridgehead atoms. The average molecular weight is 474 g/mol. The molecule has 3 N–H and O–H groups in total. The Morgan fingerprint density at radius 3 is 2.26 bits per heavy atom. The van der Waals surface area contributed by atoms with Gasteiger partial charge in [-0.25, -0.2) is 4.79 Å². The highest BCUT2D eigenvalue weighted by Crippen LogP contribution is 2.20. The predicted molar refractivity (Wildman–Crippen MR) is 130 cm³/mol. The second-order valence-corrected chi connectivity index (χ2v) is 9.57.